The number of aliphatic hydroxyl groups excluding tert-OH is 1. The Bertz CT molecular complexity index is 1400. The van der Waals surface area contributed by atoms with Gasteiger partial charge in [-0.05, 0) is 68.9 Å². The van der Waals surface area contributed by atoms with E-state index in [2.05, 4.69) is 25.7 Å². The first-order valence-electron chi connectivity index (χ1n) is 16.8. The topological polar surface area (TPSA) is 137 Å². The van der Waals surface area contributed by atoms with Crippen LogP contribution in [-0.4, -0.2) is 72.6 Å². The maximum atomic E-state index is 14.7. The van der Waals surface area contributed by atoms with Crippen molar-refractivity contribution in [3.63, 3.8) is 0 Å². The highest BCUT2D eigenvalue weighted by Gasteiger charge is 2.78. The number of aliphatic hydroxyl groups is 1. The second-order valence-corrected chi connectivity index (χ2v) is 15.8. The van der Waals surface area contributed by atoms with E-state index in [0.717, 1.165) is 18.4 Å². The van der Waals surface area contributed by atoms with Crippen LogP contribution in [0, 0.1) is 34.0 Å². The average molecular weight is 654 g/mol. The van der Waals surface area contributed by atoms with Crippen LogP contribution in [0.1, 0.15) is 79.2 Å². The van der Waals surface area contributed by atoms with Crippen molar-refractivity contribution in [1.82, 2.24) is 5.32 Å². The maximum absolute atomic E-state index is 14.7. The lowest BCUT2D eigenvalue weighted by Gasteiger charge is -2.67. The minimum atomic E-state index is -1.46. The van der Waals surface area contributed by atoms with Crippen LogP contribution in [0.5, 0.6) is 0 Å². The van der Waals surface area contributed by atoms with E-state index >= 15 is 0 Å². The summed E-state index contributed by atoms with van der Waals surface area (Å²) < 4.78 is 23.9. The molecule has 5 rings (SSSR count). The number of carbonyl (C=O) groups is 4. The highest BCUT2D eigenvalue weighted by atomic mass is 16.6. The smallest absolute Gasteiger partial charge is 0.408 e. The molecular weight excluding hydrogens is 602 g/mol. The number of esters is 2. The normalized spacial score (nSPS) is 34.8. The number of hydrogen-bond donors (Lipinski definition) is 2. The minimum absolute atomic E-state index is 0.0399. The third-order valence-corrected chi connectivity index (χ3v) is 11.4. The van der Waals surface area contributed by atoms with E-state index in [0.29, 0.717) is 18.4 Å². The number of alkyl carbamates (subject to hydrolysis) is 1. The lowest BCUT2D eigenvalue weighted by Crippen LogP contribution is -2.72. The van der Waals surface area contributed by atoms with Gasteiger partial charge in [-0.15, -0.1) is 0 Å². The van der Waals surface area contributed by atoms with Crippen molar-refractivity contribution < 1.29 is 43.2 Å². The number of carbonyl (C=O) groups excluding carboxylic acids is 4. The Hall–Kier alpha value is -3.24. The van der Waals surface area contributed by atoms with E-state index in [1.54, 1.807) is 27.9 Å². The number of Topliss-reactive ketones (excluding diaryl/α,β-unsaturated/α-hetero) is 1. The van der Waals surface area contributed by atoms with Gasteiger partial charge >= 0.3 is 18.0 Å². The molecule has 4 fully saturated rings. The van der Waals surface area contributed by atoms with Crippen molar-refractivity contribution >= 4 is 23.8 Å². The first-order chi connectivity index (χ1) is 22.0. The number of ketones is 1. The zero-order valence-corrected chi connectivity index (χ0v) is 28.8. The molecule has 9 atom stereocenters. The van der Waals surface area contributed by atoms with E-state index < -0.39 is 70.7 Å². The number of ether oxygens (including phenoxy) is 4. The van der Waals surface area contributed by atoms with Gasteiger partial charge in [0.05, 0.1) is 18.8 Å². The summed E-state index contributed by atoms with van der Waals surface area (Å²) in [5.41, 5.74) is -2.13. The summed E-state index contributed by atoms with van der Waals surface area (Å²) in [5.74, 6) is -2.86. The Kier molecular flexibility index (Phi) is 9.45. The largest absolute Gasteiger partial charge is 0.465 e. The summed E-state index contributed by atoms with van der Waals surface area (Å²) in [6.07, 6.45) is -0.297. The summed E-state index contributed by atoms with van der Waals surface area (Å²) in [4.78, 5) is 54.2. The Morgan fingerprint density at radius 1 is 1.11 bits per heavy atom. The molecule has 0 heterocycles. The van der Waals surface area contributed by atoms with Crippen LogP contribution in [0.3, 0.4) is 0 Å². The predicted octanol–water partition coefficient (Wildman–Crippen LogP) is 4.95. The van der Waals surface area contributed by atoms with Crippen molar-refractivity contribution in [3.8, 4) is 0 Å². The van der Waals surface area contributed by atoms with Crippen LogP contribution in [0.2, 0.25) is 0 Å². The Labute approximate surface area is 277 Å². The monoisotopic (exact) mass is 653 g/mol. The third-order valence-electron chi connectivity index (χ3n) is 11.4. The Balaban J connectivity index is 1.59. The molecule has 1 aromatic rings. The van der Waals surface area contributed by atoms with Gasteiger partial charge in [-0.3, -0.25) is 9.59 Å². The van der Waals surface area contributed by atoms with Gasteiger partial charge in [-0.25, -0.2) is 9.59 Å². The van der Waals surface area contributed by atoms with E-state index in [4.69, 9.17) is 18.9 Å². The number of rotatable bonds is 8. The molecule has 0 unspecified atom stereocenters. The molecule has 0 aliphatic heterocycles. The van der Waals surface area contributed by atoms with Crippen molar-refractivity contribution in [1.29, 1.82) is 0 Å². The van der Waals surface area contributed by atoms with Crippen LogP contribution in [0.4, 0.5) is 4.79 Å². The molecule has 47 heavy (non-hydrogen) atoms. The van der Waals surface area contributed by atoms with Crippen LogP contribution >= 0.6 is 0 Å². The molecule has 2 bridgehead atoms. The zero-order valence-electron chi connectivity index (χ0n) is 28.8. The third kappa shape index (κ3) is 6.12. The summed E-state index contributed by atoms with van der Waals surface area (Å²) in [5, 5.41) is 14.8. The highest BCUT2D eigenvalue weighted by molar-refractivity contribution is 6.05. The summed E-state index contributed by atoms with van der Waals surface area (Å²) >= 11 is 0. The van der Waals surface area contributed by atoms with E-state index in [1.165, 1.54) is 6.92 Å². The van der Waals surface area contributed by atoms with E-state index in [9.17, 15) is 24.3 Å². The molecule has 1 amide bonds. The summed E-state index contributed by atoms with van der Waals surface area (Å²) in [6, 6.07) is 8.12. The van der Waals surface area contributed by atoms with Crippen molar-refractivity contribution in [3.05, 3.63) is 48.0 Å². The number of hydrogen-bond acceptors (Lipinski definition) is 9. The van der Waals surface area contributed by atoms with Gasteiger partial charge in [-0.1, -0.05) is 57.2 Å². The molecule has 4 aliphatic rings. The highest BCUT2D eigenvalue weighted by Crippen LogP contribution is 2.72. The van der Waals surface area contributed by atoms with Crippen molar-refractivity contribution in [2.24, 2.45) is 34.0 Å². The Morgan fingerprint density at radius 3 is 2.40 bits per heavy atom. The SMILES string of the molecule is C=C1C(=O)[C@]23[C@H](OC(=O)[C@H](Cc4ccccc4)NC(=O)OC(C)(C)C)[C@H]1C[C@H](O)[C@H]2[C@]1(COC(C)=O)CCCC(C)(C)[C@H]1C[C@H]3OC. The zero-order chi connectivity index (χ0) is 34.5. The van der Waals surface area contributed by atoms with Gasteiger partial charge in [0.1, 0.15) is 23.2 Å². The summed E-state index contributed by atoms with van der Waals surface area (Å²) in [7, 11) is 1.55. The fourth-order valence-corrected chi connectivity index (χ4v) is 9.78. The molecule has 10 heteroatoms. The first kappa shape index (κ1) is 35.1. The van der Waals surface area contributed by atoms with E-state index in [-0.39, 0.29) is 36.6 Å². The second kappa shape index (κ2) is 12.7. The lowest BCUT2D eigenvalue weighted by molar-refractivity contribution is -0.272. The molecule has 4 saturated carbocycles. The fourth-order valence-electron chi connectivity index (χ4n) is 9.78. The number of nitrogens with one attached hydrogen (secondary N) is 1. The van der Waals surface area contributed by atoms with Crippen LogP contribution in [0.15, 0.2) is 42.5 Å². The van der Waals surface area contributed by atoms with E-state index in [1.807, 2.05) is 30.3 Å². The quantitative estimate of drug-likeness (QED) is 0.227. The number of fused-ring (bicyclic) bond motifs is 3. The molecule has 258 valence electrons. The molecule has 4 aliphatic carbocycles. The average Bonchev–Trinajstić information content (AvgIpc) is 3.10. The fraction of sp³-hybridized carbons (Fsp3) is 0.676. The lowest BCUT2D eigenvalue weighted by atomic mass is 9.39. The molecule has 0 radical (unpaired) electrons. The summed E-state index contributed by atoms with van der Waals surface area (Å²) in [6.45, 7) is 15.1. The number of benzene rings is 1. The Morgan fingerprint density at radius 2 is 1.79 bits per heavy atom. The van der Waals surface area contributed by atoms with Crippen LogP contribution < -0.4 is 5.32 Å². The number of methoxy groups -OCH3 is 1. The molecule has 0 aromatic heterocycles. The van der Waals surface area contributed by atoms with Gasteiger partial charge in [0.2, 0.25) is 0 Å². The molecule has 0 saturated heterocycles. The maximum Gasteiger partial charge on any atom is 0.408 e. The first-order valence-corrected chi connectivity index (χ1v) is 16.8. The molecule has 1 spiro atoms. The predicted molar refractivity (Wildman–Crippen MR) is 173 cm³/mol. The van der Waals surface area contributed by atoms with Gasteiger partial charge in [0, 0.05) is 37.7 Å². The van der Waals surface area contributed by atoms with Crippen LogP contribution in [0.25, 0.3) is 0 Å². The van der Waals surface area contributed by atoms with Gasteiger partial charge in [-0.2, -0.15) is 0 Å². The molecule has 1 aromatic carbocycles. The molecule has 10 nitrogen and oxygen atoms in total. The van der Waals surface area contributed by atoms with Crippen LogP contribution in [-0.2, 0) is 39.8 Å². The second-order valence-electron chi connectivity index (χ2n) is 15.8. The van der Waals surface area contributed by atoms with Gasteiger partial charge in [0.25, 0.3) is 0 Å². The molecular formula is C37H51NO9. The van der Waals surface area contributed by atoms with Gasteiger partial charge in [0.15, 0.2) is 5.78 Å². The van der Waals surface area contributed by atoms with Crippen molar-refractivity contribution in [2.75, 3.05) is 13.7 Å². The number of amides is 1. The molecule has 2 N–H and O–H groups in total. The van der Waals surface area contributed by atoms with Crippen molar-refractivity contribution in [2.45, 2.75) is 110 Å². The van der Waals surface area contributed by atoms with Gasteiger partial charge < -0.3 is 29.4 Å². The standard InChI is InChI=1S/C37H51NO9/c1-21-24-18-26(40)29-36(20-45-22(2)39)16-12-15-35(6,7)27(36)19-28(44-8)37(29,30(21)41)31(24)46-32(42)25(17-23-13-10-9-11-14-23)38-33(43)47-34(3,4)5/h9-11,13-14,24-29,31,40H,1,12,15-20H2,2-8H3,(H,38,43)/t24-,25-,26-,27+,28+,29-,31+,36-,37+/m0/s1. The minimum Gasteiger partial charge on any atom is -0.465 e.